The van der Waals surface area contributed by atoms with Gasteiger partial charge in [-0.3, -0.25) is 0 Å². The largest absolute Gasteiger partial charge is 0.391 e. The zero-order valence-corrected chi connectivity index (χ0v) is 12.2. The standard InChI is InChI=1S/C13H16N4O3S/c1-17-7-15-12(14)13(17)21(19,20)16-11-9-5-3-2-4-8(9)6-10(11)18/h2-5,7,10-11,16,18H,6,14H2,1H3/t10-,11+/m0/s1. The Morgan fingerprint density at radius 1 is 1.43 bits per heavy atom. The number of imidazole rings is 1. The summed E-state index contributed by atoms with van der Waals surface area (Å²) < 4.78 is 28.8. The summed E-state index contributed by atoms with van der Waals surface area (Å²) in [7, 11) is -2.32. The fraction of sp³-hybridized carbons (Fsp3) is 0.308. The maximum atomic E-state index is 12.5. The number of hydrogen-bond donors (Lipinski definition) is 3. The summed E-state index contributed by atoms with van der Waals surface area (Å²) in [5.74, 6) is -0.0641. The van der Waals surface area contributed by atoms with E-state index in [1.54, 1.807) is 7.05 Å². The van der Waals surface area contributed by atoms with Crippen LogP contribution in [0.2, 0.25) is 0 Å². The quantitative estimate of drug-likeness (QED) is 0.735. The summed E-state index contributed by atoms with van der Waals surface area (Å²) in [6.45, 7) is 0. The normalized spacial score (nSPS) is 21.4. The minimum absolute atomic E-state index is 0.0641. The first-order chi connectivity index (χ1) is 9.90. The zero-order chi connectivity index (χ0) is 15.2. The van der Waals surface area contributed by atoms with E-state index in [0.29, 0.717) is 6.42 Å². The van der Waals surface area contributed by atoms with E-state index in [4.69, 9.17) is 5.73 Å². The van der Waals surface area contributed by atoms with E-state index >= 15 is 0 Å². The van der Waals surface area contributed by atoms with Crippen molar-refractivity contribution in [1.29, 1.82) is 0 Å². The van der Waals surface area contributed by atoms with Gasteiger partial charge >= 0.3 is 0 Å². The first-order valence-corrected chi connectivity index (χ1v) is 7.93. The lowest BCUT2D eigenvalue weighted by atomic mass is 10.1. The van der Waals surface area contributed by atoms with Crippen molar-refractivity contribution in [2.24, 2.45) is 7.05 Å². The van der Waals surface area contributed by atoms with Gasteiger partial charge in [-0.05, 0) is 11.1 Å². The first kappa shape index (κ1) is 14.1. The molecule has 0 aliphatic heterocycles. The molecule has 1 aromatic carbocycles. The number of aryl methyl sites for hydroxylation is 1. The summed E-state index contributed by atoms with van der Waals surface area (Å²) in [5.41, 5.74) is 7.34. The number of nitrogen functional groups attached to an aromatic ring is 1. The van der Waals surface area contributed by atoms with Crippen molar-refractivity contribution in [3.05, 3.63) is 41.7 Å². The summed E-state index contributed by atoms with van der Waals surface area (Å²) in [6, 6.07) is 6.69. The van der Waals surface area contributed by atoms with Gasteiger partial charge in [0.2, 0.25) is 0 Å². The number of aliphatic hydroxyl groups is 1. The third kappa shape index (κ3) is 2.31. The fourth-order valence-electron chi connectivity index (χ4n) is 2.70. The number of sulfonamides is 1. The van der Waals surface area contributed by atoms with Gasteiger partial charge in [0.05, 0.1) is 18.5 Å². The minimum atomic E-state index is -3.87. The molecule has 0 amide bonds. The van der Waals surface area contributed by atoms with Crippen LogP contribution < -0.4 is 10.5 Å². The minimum Gasteiger partial charge on any atom is -0.391 e. The summed E-state index contributed by atoms with van der Waals surface area (Å²) >= 11 is 0. The molecular weight excluding hydrogens is 292 g/mol. The molecule has 7 nitrogen and oxygen atoms in total. The van der Waals surface area contributed by atoms with Gasteiger partial charge in [-0.25, -0.2) is 13.4 Å². The van der Waals surface area contributed by atoms with Gasteiger partial charge in [0.1, 0.15) is 0 Å². The molecule has 0 bridgehead atoms. The van der Waals surface area contributed by atoms with E-state index in [0.717, 1.165) is 11.1 Å². The van der Waals surface area contributed by atoms with Crippen molar-refractivity contribution >= 4 is 15.8 Å². The molecule has 2 aromatic rings. The van der Waals surface area contributed by atoms with Crippen LogP contribution in [0.15, 0.2) is 35.6 Å². The number of nitrogens with zero attached hydrogens (tertiary/aromatic N) is 2. The van der Waals surface area contributed by atoms with Crippen LogP contribution in [0.4, 0.5) is 5.82 Å². The summed E-state index contributed by atoms with van der Waals surface area (Å²) in [5, 5.41) is 10.0. The Kier molecular flexibility index (Phi) is 3.23. The van der Waals surface area contributed by atoms with Gasteiger partial charge in [-0.15, -0.1) is 0 Å². The number of nitrogens with one attached hydrogen (secondary N) is 1. The average Bonchev–Trinajstić information content (AvgIpc) is 2.91. The number of benzene rings is 1. The van der Waals surface area contributed by atoms with E-state index in [-0.39, 0.29) is 10.8 Å². The van der Waals surface area contributed by atoms with Crippen molar-refractivity contribution < 1.29 is 13.5 Å². The molecule has 2 atom stereocenters. The molecule has 1 heterocycles. The van der Waals surface area contributed by atoms with E-state index in [1.165, 1.54) is 10.9 Å². The van der Waals surface area contributed by atoms with Gasteiger partial charge in [0.25, 0.3) is 10.0 Å². The maximum Gasteiger partial charge on any atom is 0.260 e. The van der Waals surface area contributed by atoms with E-state index in [2.05, 4.69) is 9.71 Å². The molecule has 1 aliphatic carbocycles. The lowest BCUT2D eigenvalue weighted by Crippen LogP contribution is -2.35. The average molecular weight is 308 g/mol. The highest BCUT2D eigenvalue weighted by molar-refractivity contribution is 7.89. The smallest absolute Gasteiger partial charge is 0.260 e. The molecule has 4 N–H and O–H groups in total. The van der Waals surface area contributed by atoms with E-state index in [1.807, 2.05) is 24.3 Å². The van der Waals surface area contributed by atoms with Crippen molar-refractivity contribution in [2.75, 3.05) is 5.73 Å². The monoisotopic (exact) mass is 308 g/mol. The number of hydrogen-bond acceptors (Lipinski definition) is 5. The number of aliphatic hydroxyl groups excluding tert-OH is 1. The Labute approximate surface area is 122 Å². The van der Waals surface area contributed by atoms with Crippen molar-refractivity contribution in [3.8, 4) is 0 Å². The van der Waals surface area contributed by atoms with Crippen LogP contribution in [0.1, 0.15) is 17.2 Å². The molecule has 1 aromatic heterocycles. The highest BCUT2D eigenvalue weighted by Crippen LogP contribution is 2.32. The Hall–Kier alpha value is -1.90. The molecule has 0 saturated carbocycles. The molecule has 0 fully saturated rings. The topological polar surface area (TPSA) is 110 Å². The summed E-state index contributed by atoms with van der Waals surface area (Å²) in [6.07, 6.45) is 0.958. The SMILES string of the molecule is Cn1cnc(N)c1S(=O)(=O)N[C@@H]1c2ccccc2C[C@@H]1O. The lowest BCUT2D eigenvalue weighted by molar-refractivity contribution is 0.151. The van der Waals surface area contributed by atoms with Crippen LogP contribution in [0, 0.1) is 0 Å². The van der Waals surface area contributed by atoms with Crippen LogP contribution in [-0.2, 0) is 23.5 Å². The van der Waals surface area contributed by atoms with Crippen molar-refractivity contribution in [2.45, 2.75) is 23.6 Å². The lowest BCUT2D eigenvalue weighted by Gasteiger charge is -2.18. The summed E-state index contributed by atoms with van der Waals surface area (Å²) in [4.78, 5) is 3.78. The van der Waals surface area contributed by atoms with Crippen LogP contribution in [0.25, 0.3) is 0 Å². The number of nitrogens with two attached hydrogens (primary N) is 1. The van der Waals surface area contributed by atoms with Crippen molar-refractivity contribution in [1.82, 2.24) is 14.3 Å². The predicted octanol–water partition coefficient (Wildman–Crippen LogP) is -0.0611. The molecule has 112 valence electrons. The second-order valence-electron chi connectivity index (χ2n) is 5.12. The molecule has 0 spiro atoms. The second kappa shape index (κ2) is 4.83. The predicted molar refractivity (Wildman–Crippen MR) is 76.8 cm³/mol. The van der Waals surface area contributed by atoms with Gasteiger partial charge in [0, 0.05) is 13.5 Å². The van der Waals surface area contributed by atoms with E-state index in [9.17, 15) is 13.5 Å². The molecular formula is C13H16N4O3S. The highest BCUT2D eigenvalue weighted by Gasteiger charge is 2.35. The number of aromatic nitrogens is 2. The number of rotatable bonds is 3. The van der Waals surface area contributed by atoms with Crippen molar-refractivity contribution in [3.63, 3.8) is 0 Å². The molecule has 0 radical (unpaired) electrons. The van der Waals surface area contributed by atoms with E-state index < -0.39 is 22.2 Å². The fourth-order valence-corrected chi connectivity index (χ4v) is 4.19. The van der Waals surface area contributed by atoms with Gasteiger partial charge in [-0.1, -0.05) is 24.3 Å². The molecule has 8 heteroatoms. The van der Waals surface area contributed by atoms with Crippen LogP contribution >= 0.6 is 0 Å². The van der Waals surface area contributed by atoms with Crippen LogP contribution in [0.5, 0.6) is 0 Å². The van der Waals surface area contributed by atoms with Gasteiger partial charge in [-0.2, -0.15) is 4.72 Å². The van der Waals surface area contributed by atoms with Gasteiger partial charge < -0.3 is 15.4 Å². The Morgan fingerprint density at radius 3 is 2.81 bits per heavy atom. The molecule has 1 aliphatic rings. The number of fused-ring (bicyclic) bond motifs is 1. The third-order valence-electron chi connectivity index (χ3n) is 3.65. The number of anilines is 1. The molecule has 21 heavy (non-hydrogen) atoms. The Morgan fingerprint density at radius 2 is 2.14 bits per heavy atom. The second-order valence-corrected chi connectivity index (χ2v) is 6.74. The molecule has 0 unspecified atom stereocenters. The zero-order valence-electron chi connectivity index (χ0n) is 11.4. The Bertz CT molecular complexity index is 765. The molecule has 3 rings (SSSR count). The maximum absolute atomic E-state index is 12.5. The third-order valence-corrected chi connectivity index (χ3v) is 5.22. The first-order valence-electron chi connectivity index (χ1n) is 6.45. The molecule has 0 saturated heterocycles. The van der Waals surface area contributed by atoms with Crippen LogP contribution in [-0.4, -0.2) is 29.2 Å². The Balaban J connectivity index is 1.97. The van der Waals surface area contributed by atoms with Crippen LogP contribution in [0.3, 0.4) is 0 Å². The highest BCUT2D eigenvalue weighted by atomic mass is 32.2. The van der Waals surface area contributed by atoms with Gasteiger partial charge in [0.15, 0.2) is 10.8 Å².